The van der Waals surface area contributed by atoms with Crippen LogP contribution in [0.25, 0.3) is 11.5 Å². The second-order valence-corrected chi connectivity index (χ2v) is 8.10. The summed E-state index contributed by atoms with van der Waals surface area (Å²) in [5.74, 6) is -3.14. The molecule has 0 fully saturated rings. The molecule has 1 amide bonds. The minimum absolute atomic E-state index is 0.202. The number of hydrazone groups is 1. The smallest absolute Gasteiger partial charge is 0.270 e. The molecule has 1 aliphatic rings. The van der Waals surface area contributed by atoms with Crippen molar-refractivity contribution in [2.45, 2.75) is 32.9 Å². The van der Waals surface area contributed by atoms with Crippen molar-refractivity contribution in [2.24, 2.45) is 11.0 Å². The van der Waals surface area contributed by atoms with Crippen molar-refractivity contribution >= 4 is 23.0 Å². The Morgan fingerprint density at radius 2 is 2.00 bits per heavy atom. The fourth-order valence-corrected chi connectivity index (χ4v) is 3.76. The fourth-order valence-electron chi connectivity index (χ4n) is 3.76. The molecule has 3 aromatic rings. The van der Waals surface area contributed by atoms with Crippen molar-refractivity contribution < 1.29 is 27.8 Å². The Hall–Kier alpha value is -3.79. The first-order chi connectivity index (χ1) is 16.1. The molecule has 0 saturated carbocycles. The summed E-state index contributed by atoms with van der Waals surface area (Å²) in [4.78, 5) is 17.2. The Morgan fingerprint density at radius 1 is 1.24 bits per heavy atom. The van der Waals surface area contributed by atoms with Crippen LogP contribution in [-0.4, -0.2) is 35.0 Å². The van der Waals surface area contributed by atoms with E-state index in [9.17, 15) is 18.7 Å². The van der Waals surface area contributed by atoms with Crippen molar-refractivity contribution in [1.29, 1.82) is 0 Å². The molecule has 8 nitrogen and oxygen atoms in total. The number of amides is 1. The molecular weight excluding hydrogens is 446 g/mol. The molecule has 0 bridgehead atoms. The highest BCUT2D eigenvalue weighted by molar-refractivity contribution is 6.10. The van der Waals surface area contributed by atoms with Crippen molar-refractivity contribution in [3.8, 4) is 17.2 Å². The number of methoxy groups -OCH3 is 1. The number of aromatic nitrogens is 1. The van der Waals surface area contributed by atoms with Gasteiger partial charge in [-0.25, -0.2) is 18.8 Å². The van der Waals surface area contributed by atoms with Gasteiger partial charge in [0.15, 0.2) is 6.23 Å². The molecular formula is C24H24F2N4O4. The number of nitrogens with zero attached hydrogens (tertiary/aromatic N) is 3. The zero-order valence-electron chi connectivity index (χ0n) is 19.0. The molecule has 1 aromatic heterocycles. The standard InChI is InChI=1S/C24H24F2N4O4/c1-13-12-27-22(34-13)18-11-17(8-9-19(18)33-4)30-23(32)20(14(2)29-30)21(31)28-16-7-5-6-15(10-16)24(3,25)26/h5-12,20,23,32H,1-4H3,(H,28,31). The SMILES string of the molecule is COc1ccc(N2N=C(C)C(C(=O)Nc3cccc(C(C)(F)F)c3)C2O)cc1-c1ncc(C)o1. The van der Waals surface area contributed by atoms with Crippen LogP contribution in [0.5, 0.6) is 5.75 Å². The van der Waals surface area contributed by atoms with Crippen LogP contribution in [0.4, 0.5) is 20.2 Å². The highest BCUT2D eigenvalue weighted by Gasteiger charge is 2.40. The van der Waals surface area contributed by atoms with Crippen LogP contribution in [0.15, 0.2) is 58.2 Å². The number of rotatable bonds is 6. The molecule has 0 radical (unpaired) electrons. The number of aryl methyl sites for hydroxylation is 1. The lowest BCUT2D eigenvalue weighted by molar-refractivity contribution is -0.120. The van der Waals surface area contributed by atoms with Crippen LogP contribution < -0.4 is 15.1 Å². The minimum atomic E-state index is -3.05. The minimum Gasteiger partial charge on any atom is -0.496 e. The zero-order valence-corrected chi connectivity index (χ0v) is 19.0. The van der Waals surface area contributed by atoms with Crippen LogP contribution in [0.3, 0.4) is 0 Å². The Bertz CT molecular complexity index is 1250. The molecule has 34 heavy (non-hydrogen) atoms. The Kier molecular flexibility index (Phi) is 6.09. The number of aliphatic hydroxyl groups excluding tert-OH is 1. The first-order valence-corrected chi connectivity index (χ1v) is 10.5. The highest BCUT2D eigenvalue weighted by Crippen LogP contribution is 2.36. The first kappa shape index (κ1) is 23.4. The second kappa shape index (κ2) is 8.86. The van der Waals surface area contributed by atoms with Crippen LogP contribution in [0.1, 0.15) is 25.2 Å². The van der Waals surface area contributed by atoms with Gasteiger partial charge < -0.3 is 19.6 Å². The molecule has 178 valence electrons. The van der Waals surface area contributed by atoms with E-state index in [1.807, 2.05) is 0 Å². The van der Waals surface area contributed by atoms with Crippen molar-refractivity contribution in [3.05, 3.63) is 60.0 Å². The lowest BCUT2D eigenvalue weighted by atomic mass is 10.0. The lowest BCUT2D eigenvalue weighted by Gasteiger charge is -2.23. The molecule has 1 aliphatic heterocycles. The van der Waals surface area contributed by atoms with Gasteiger partial charge in [-0.15, -0.1) is 0 Å². The summed E-state index contributed by atoms with van der Waals surface area (Å²) < 4.78 is 38.3. The molecule has 2 unspecified atom stereocenters. The Balaban J connectivity index is 1.58. The molecule has 0 aliphatic carbocycles. The number of aliphatic hydroxyl groups is 1. The topological polar surface area (TPSA) is 100 Å². The van der Waals surface area contributed by atoms with Crippen LogP contribution in [0, 0.1) is 12.8 Å². The van der Waals surface area contributed by atoms with Crippen LogP contribution in [0.2, 0.25) is 0 Å². The average Bonchev–Trinajstić information content (AvgIpc) is 3.35. The fraction of sp³-hybridized carbons (Fsp3) is 0.292. The van der Waals surface area contributed by atoms with E-state index in [1.54, 1.807) is 38.2 Å². The van der Waals surface area contributed by atoms with Gasteiger partial charge in [0.1, 0.15) is 17.4 Å². The molecule has 2 N–H and O–H groups in total. The van der Waals surface area contributed by atoms with Gasteiger partial charge >= 0.3 is 0 Å². The summed E-state index contributed by atoms with van der Waals surface area (Å²) in [5, 5.41) is 19.2. The monoisotopic (exact) mass is 470 g/mol. The maximum absolute atomic E-state index is 13.6. The molecule has 2 aromatic carbocycles. The molecule has 2 heterocycles. The number of hydrogen-bond donors (Lipinski definition) is 2. The molecule has 10 heteroatoms. The number of carbonyl (C=O) groups excluding carboxylic acids is 1. The van der Waals surface area contributed by atoms with Crippen LogP contribution in [-0.2, 0) is 10.7 Å². The van der Waals surface area contributed by atoms with Gasteiger partial charge in [-0.3, -0.25) is 4.79 Å². The highest BCUT2D eigenvalue weighted by atomic mass is 19.3. The number of oxazole rings is 1. The van der Waals surface area contributed by atoms with E-state index in [1.165, 1.54) is 36.4 Å². The third-order valence-electron chi connectivity index (χ3n) is 5.48. The van der Waals surface area contributed by atoms with E-state index in [0.717, 1.165) is 6.92 Å². The van der Waals surface area contributed by atoms with Crippen molar-refractivity contribution in [2.75, 3.05) is 17.4 Å². The second-order valence-electron chi connectivity index (χ2n) is 8.10. The summed E-state index contributed by atoms with van der Waals surface area (Å²) >= 11 is 0. The summed E-state index contributed by atoms with van der Waals surface area (Å²) in [6.07, 6.45) is 0.265. The average molecular weight is 470 g/mol. The van der Waals surface area contributed by atoms with E-state index < -0.39 is 24.0 Å². The van der Waals surface area contributed by atoms with Gasteiger partial charge in [-0.05, 0) is 44.2 Å². The number of ether oxygens (including phenoxy) is 1. The number of benzene rings is 2. The molecule has 0 saturated heterocycles. The Morgan fingerprint density at radius 3 is 2.65 bits per heavy atom. The van der Waals surface area contributed by atoms with E-state index in [0.29, 0.717) is 34.4 Å². The number of nitrogens with one attached hydrogen (secondary N) is 1. The maximum atomic E-state index is 13.6. The number of anilines is 2. The predicted molar refractivity (Wildman–Crippen MR) is 123 cm³/mol. The number of hydrogen-bond acceptors (Lipinski definition) is 7. The quantitative estimate of drug-likeness (QED) is 0.549. The van der Waals surface area contributed by atoms with Crippen molar-refractivity contribution in [3.63, 3.8) is 0 Å². The number of alkyl halides is 2. The maximum Gasteiger partial charge on any atom is 0.270 e. The van der Waals surface area contributed by atoms with Gasteiger partial charge in [0.05, 0.1) is 30.3 Å². The summed E-state index contributed by atoms with van der Waals surface area (Å²) in [7, 11) is 1.52. The number of halogens is 2. The summed E-state index contributed by atoms with van der Waals surface area (Å²) in [6.45, 7) is 4.17. The van der Waals surface area contributed by atoms with Crippen molar-refractivity contribution in [1.82, 2.24) is 4.98 Å². The number of carbonyl (C=O) groups is 1. The first-order valence-electron chi connectivity index (χ1n) is 10.5. The largest absolute Gasteiger partial charge is 0.496 e. The van der Waals surface area contributed by atoms with Crippen LogP contribution >= 0.6 is 0 Å². The molecule has 2 atom stereocenters. The van der Waals surface area contributed by atoms with Gasteiger partial charge in [-0.2, -0.15) is 5.10 Å². The van der Waals surface area contributed by atoms with Gasteiger partial charge in [-0.1, -0.05) is 12.1 Å². The normalized spacial score (nSPS) is 18.1. The van der Waals surface area contributed by atoms with Gasteiger partial charge in [0, 0.05) is 18.2 Å². The zero-order chi connectivity index (χ0) is 24.6. The third-order valence-corrected chi connectivity index (χ3v) is 5.48. The predicted octanol–water partition coefficient (Wildman–Crippen LogP) is 4.54. The Labute approximate surface area is 194 Å². The van der Waals surface area contributed by atoms with E-state index in [4.69, 9.17) is 9.15 Å². The molecule has 4 rings (SSSR count). The van der Waals surface area contributed by atoms with E-state index >= 15 is 0 Å². The van der Waals surface area contributed by atoms with E-state index in [-0.39, 0.29) is 11.3 Å². The third kappa shape index (κ3) is 4.49. The molecule has 0 spiro atoms. The van der Waals surface area contributed by atoms with E-state index in [2.05, 4.69) is 15.4 Å². The summed E-state index contributed by atoms with van der Waals surface area (Å²) in [5.41, 5.74) is 1.39. The van der Waals surface area contributed by atoms with Gasteiger partial charge in [0.2, 0.25) is 11.8 Å². The van der Waals surface area contributed by atoms with Gasteiger partial charge in [0.25, 0.3) is 5.92 Å². The summed E-state index contributed by atoms with van der Waals surface area (Å²) in [6, 6.07) is 10.5. The lowest BCUT2D eigenvalue weighted by Crippen LogP contribution is -2.40.